The van der Waals surface area contributed by atoms with E-state index in [1.54, 1.807) is 31.5 Å². The highest BCUT2D eigenvalue weighted by Gasteiger charge is 2.01. The van der Waals surface area contributed by atoms with Gasteiger partial charge >= 0.3 is 6.03 Å². The van der Waals surface area contributed by atoms with Crippen LogP contribution in [-0.2, 0) is 0 Å². The van der Waals surface area contributed by atoms with Gasteiger partial charge in [0.15, 0.2) is 0 Å². The molecule has 1 rings (SSSR count). The van der Waals surface area contributed by atoms with Crippen molar-refractivity contribution in [3.8, 4) is 0 Å². The van der Waals surface area contributed by atoms with E-state index in [4.69, 9.17) is 0 Å². The maximum Gasteiger partial charge on any atom is 0.341 e. The van der Waals surface area contributed by atoms with Crippen molar-refractivity contribution < 1.29 is 4.79 Å². The van der Waals surface area contributed by atoms with Crippen molar-refractivity contribution in [2.75, 3.05) is 14.1 Å². The molecule has 0 atom stereocenters. The number of carbonyl (C=O) groups excluding carboxylic acids is 1. The zero-order valence-electron chi connectivity index (χ0n) is 6.48. The number of aromatic nitrogens is 2. The Hall–Kier alpha value is -1.36. The van der Waals surface area contributed by atoms with E-state index >= 15 is 0 Å². The van der Waals surface area contributed by atoms with Crippen LogP contribution >= 0.6 is 0 Å². The van der Waals surface area contributed by atoms with E-state index in [1.807, 2.05) is 0 Å². The van der Waals surface area contributed by atoms with E-state index in [2.05, 4.69) is 10.4 Å². The normalized spacial score (nSPS) is 10.1. The van der Waals surface area contributed by atoms with E-state index < -0.39 is 0 Å². The highest BCUT2D eigenvalue weighted by molar-refractivity contribution is 5.75. The first-order valence-corrected chi connectivity index (χ1v) is 3.16. The van der Waals surface area contributed by atoms with Crippen molar-refractivity contribution in [2.24, 2.45) is 0 Å². The van der Waals surface area contributed by atoms with Crippen LogP contribution in [0.5, 0.6) is 0 Å². The van der Waals surface area contributed by atoms with E-state index in [0.717, 1.165) is 0 Å². The SMILES string of the molecule is CN(C)NC(=O)n1ccnc1. The first kappa shape index (κ1) is 7.74. The largest absolute Gasteiger partial charge is 0.341 e. The third-order valence-electron chi connectivity index (χ3n) is 1.06. The molecule has 1 N–H and O–H groups in total. The summed E-state index contributed by atoms with van der Waals surface area (Å²) in [5, 5.41) is 1.57. The van der Waals surface area contributed by atoms with Crippen LogP contribution in [-0.4, -0.2) is 34.7 Å². The number of hydrogen-bond donors (Lipinski definition) is 1. The zero-order chi connectivity index (χ0) is 8.27. The Labute approximate surface area is 64.6 Å². The molecule has 0 unspecified atom stereocenters. The van der Waals surface area contributed by atoms with Crippen LogP contribution < -0.4 is 5.43 Å². The van der Waals surface area contributed by atoms with Crippen LogP contribution in [0.3, 0.4) is 0 Å². The van der Waals surface area contributed by atoms with Gasteiger partial charge < -0.3 is 0 Å². The van der Waals surface area contributed by atoms with Crippen LogP contribution in [0, 0.1) is 0 Å². The van der Waals surface area contributed by atoms with Gasteiger partial charge in [0.2, 0.25) is 0 Å². The summed E-state index contributed by atoms with van der Waals surface area (Å²) in [6.07, 6.45) is 4.58. The predicted molar refractivity (Wildman–Crippen MR) is 39.8 cm³/mol. The molecule has 0 aliphatic rings. The minimum atomic E-state index is -0.215. The van der Waals surface area contributed by atoms with Gasteiger partial charge in [-0.25, -0.2) is 14.8 Å². The molecular formula is C6H10N4O. The zero-order valence-corrected chi connectivity index (χ0v) is 6.48. The minimum Gasteiger partial charge on any atom is -0.270 e. The predicted octanol–water partition coefficient (Wildman–Crippen LogP) is -0.0826. The Morgan fingerprint density at radius 2 is 2.36 bits per heavy atom. The third-order valence-corrected chi connectivity index (χ3v) is 1.06. The molecule has 1 aromatic heterocycles. The van der Waals surface area contributed by atoms with Gasteiger partial charge in [-0.1, -0.05) is 0 Å². The third kappa shape index (κ3) is 2.05. The van der Waals surface area contributed by atoms with Crippen molar-refractivity contribution >= 4 is 6.03 Å². The molecule has 0 aliphatic heterocycles. The fourth-order valence-electron chi connectivity index (χ4n) is 0.628. The average molecular weight is 154 g/mol. The number of nitrogens with zero attached hydrogens (tertiary/aromatic N) is 3. The van der Waals surface area contributed by atoms with Gasteiger partial charge in [-0.3, -0.25) is 9.99 Å². The van der Waals surface area contributed by atoms with Gasteiger partial charge in [-0.15, -0.1) is 0 Å². The second-order valence-corrected chi connectivity index (χ2v) is 2.28. The fourth-order valence-corrected chi connectivity index (χ4v) is 0.628. The maximum atomic E-state index is 11.1. The lowest BCUT2D eigenvalue weighted by atomic mass is 10.8. The molecule has 0 aromatic carbocycles. The molecule has 0 spiro atoms. The molecule has 1 aromatic rings. The van der Waals surface area contributed by atoms with Gasteiger partial charge in [0.25, 0.3) is 0 Å². The molecule has 0 fully saturated rings. The average Bonchev–Trinajstić information content (AvgIpc) is 2.35. The monoisotopic (exact) mass is 154 g/mol. The number of hydrazine groups is 1. The van der Waals surface area contributed by atoms with Gasteiger partial charge in [-0.05, 0) is 0 Å². The van der Waals surface area contributed by atoms with Crippen molar-refractivity contribution in [1.29, 1.82) is 0 Å². The Kier molecular flexibility index (Phi) is 2.22. The van der Waals surface area contributed by atoms with Crippen molar-refractivity contribution in [2.45, 2.75) is 0 Å². The highest BCUT2D eigenvalue weighted by atomic mass is 16.2. The van der Waals surface area contributed by atoms with E-state index in [1.165, 1.54) is 10.9 Å². The van der Waals surface area contributed by atoms with Gasteiger partial charge in [0.05, 0.1) is 0 Å². The van der Waals surface area contributed by atoms with Crippen LogP contribution in [0.1, 0.15) is 0 Å². The first-order chi connectivity index (χ1) is 5.20. The lowest BCUT2D eigenvalue weighted by Crippen LogP contribution is -2.38. The molecule has 1 heterocycles. The molecule has 0 aliphatic carbocycles. The summed E-state index contributed by atoms with van der Waals surface area (Å²) in [5.41, 5.74) is 2.56. The Morgan fingerprint density at radius 3 is 2.82 bits per heavy atom. The van der Waals surface area contributed by atoms with Crippen LogP contribution in [0.2, 0.25) is 0 Å². The number of amides is 1. The lowest BCUT2D eigenvalue weighted by molar-refractivity contribution is 0.214. The number of rotatable bonds is 1. The number of hydrogen-bond acceptors (Lipinski definition) is 3. The summed E-state index contributed by atoms with van der Waals surface area (Å²) in [6, 6.07) is -0.215. The molecule has 0 saturated heterocycles. The second kappa shape index (κ2) is 3.16. The smallest absolute Gasteiger partial charge is 0.270 e. The molecule has 5 nitrogen and oxygen atoms in total. The summed E-state index contributed by atoms with van der Waals surface area (Å²) >= 11 is 0. The Balaban J connectivity index is 2.57. The topological polar surface area (TPSA) is 50.2 Å². The molecule has 60 valence electrons. The summed E-state index contributed by atoms with van der Waals surface area (Å²) < 4.78 is 1.36. The van der Waals surface area contributed by atoms with Crippen LogP contribution in [0.15, 0.2) is 18.7 Å². The molecule has 0 saturated carbocycles. The maximum absolute atomic E-state index is 11.1. The van der Waals surface area contributed by atoms with Crippen molar-refractivity contribution in [3.63, 3.8) is 0 Å². The lowest BCUT2D eigenvalue weighted by Gasteiger charge is -2.10. The number of nitrogens with one attached hydrogen (secondary N) is 1. The molecule has 5 heteroatoms. The summed E-state index contributed by atoms with van der Waals surface area (Å²) in [7, 11) is 3.49. The standard InChI is InChI=1S/C6H10N4O/c1-9(2)8-6(11)10-4-3-7-5-10/h3-5H,1-2H3,(H,8,11). The number of imidazole rings is 1. The number of carbonyl (C=O) groups is 1. The van der Waals surface area contributed by atoms with Crippen LogP contribution in [0.25, 0.3) is 0 Å². The molecule has 11 heavy (non-hydrogen) atoms. The van der Waals surface area contributed by atoms with Crippen LogP contribution in [0.4, 0.5) is 4.79 Å². The Bertz CT molecular complexity index is 229. The van der Waals surface area contributed by atoms with Crippen molar-refractivity contribution in [3.05, 3.63) is 18.7 Å². The van der Waals surface area contributed by atoms with Gasteiger partial charge in [0.1, 0.15) is 6.33 Å². The molecule has 1 amide bonds. The molecule has 0 radical (unpaired) electrons. The fraction of sp³-hybridized carbons (Fsp3) is 0.333. The van der Waals surface area contributed by atoms with Gasteiger partial charge in [0, 0.05) is 26.5 Å². The summed E-state index contributed by atoms with van der Waals surface area (Å²) in [4.78, 5) is 14.8. The quantitative estimate of drug-likeness (QED) is 0.575. The van der Waals surface area contributed by atoms with Crippen molar-refractivity contribution in [1.82, 2.24) is 20.0 Å². The highest BCUT2D eigenvalue weighted by Crippen LogP contribution is 1.83. The van der Waals surface area contributed by atoms with E-state index in [-0.39, 0.29) is 6.03 Å². The van der Waals surface area contributed by atoms with Gasteiger partial charge in [-0.2, -0.15) is 0 Å². The minimum absolute atomic E-state index is 0.215. The summed E-state index contributed by atoms with van der Waals surface area (Å²) in [6.45, 7) is 0. The Morgan fingerprint density at radius 1 is 1.64 bits per heavy atom. The van der Waals surface area contributed by atoms with E-state index in [9.17, 15) is 4.79 Å². The van der Waals surface area contributed by atoms with E-state index in [0.29, 0.717) is 0 Å². The second-order valence-electron chi connectivity index (χ2n) is 2.28. The first-order valence-electron chi connectivity index (χ1n) is 3.16. The molecular weight excluding hydrogens is 144 g/mol. The summed E-state index contributed by atoms with van der Waals surface area (Å²) in [5.74, 6) is 0. The molecule has 0 bridgehead atoms.